The lowest BCUT2D eigenvalue weighted by molar-refractivity contribution is -0.137. The molecule has 8 nitrogen and oxygen atoms in total. The maximum Gasteiger partial charge on any atom is 0.303 e. The molecule has 3 rings (SSSR count). The lowest BCUT2D eigenvalue weighted by Gasteiger charge is -2.29. The second-order valence-corrected chi connectivity index (χ2v) is 7.32. The summed E-state index contributed by atoms with van der Waals surface area (Å²) in [6, 6.07) is 4.25. The van der Waals surface area contributed by atoms with Gasteiger partial charge in [0.2, 0.25) is 11.8 Å². The van der Waals surface area contributed by atoms with Crippen LogP contribution in [0.3, 0.4) is 0 Å². The van der Waals surface area contributed by atoms with Crippen molar-refractivity contribution in [3.63, 3.8) is 0 Å². The third-order valence-electron chi connectivity index (χ3n) is 5.18. The molecule has 1 aliphatic heterocycles. The highest BCUT2D eigenvalue weighted by atomic mass is 19.1. The van der Waals surface area contributed by atoms with Crippen LogP contribution in [-0.4, -0.2) is 50.3 Å². The molecule has 1 atom stereocenters. The maximum atomic E-state index is 13.3. The first-order valence-corrected chi connectivity index (χ1v) is 9.17. The molecule has 1 aromatic heterocycles. The minimum atomic E-state index is -0.926. The van der Waals surface area contributed by atoms with Crippen LogP contribution in [0.15, 0.2) is 18.2 Å². The largest absolute Gasteiger partial charge is 0.481 e. The van der Waals surface area contributed by atoms with E-state index in [1.54, 1.807) is 13.1 Å². The summed E-state index contributed by atoms with van der Waals surface area (Å²) in [6.07, 6.45) is 1.70. The third-order valence-corrected chi connectivity index (χ3v) is 5.18. The van der Waals surface area contributed by atoms with Gasteiger partial charge in [-0.15, -0.1) is 0 Å². The van der Waals surface area contributed by atoms with Gasteiger partial charge < -0.3 is 20.3 Å². The smallest absolute Gasteiger partial charge is 0.303 e. The van der Waals surface area contributed by atoms with Crippen LogP contribution in [0.4, 0.5) is 4.39 Å². The molecule has 1 aromatic carbocycles. The number of H-pyrrole nitrogens is 1. The monoisotopic (exact) mass is 390 g/mol. The summed E-state index contributed by atoms with van der Waals surface area (Å²) >= 11 is 0. The van der Waals surface area contributed by atoms with Gasteiger partial charge in [0.05, 0.1) is 17.6 Å². The molecule has 3 N–H and O–H groups in total. The number of aromatic amines is 1. The molecule has 0 spiro atoms. The Balaban J connectivity index is 1.59. The minimum Gasteiger partial charge on any atom is -0.481 e. The summed E-state index contributed by atoms with van der Waals surface area (Å²) in [6.45, 7) is 0.240. The van der Waals surface area contributed by atoms with Crippen molar-refractivity contribution < 1.29 is 23.9 Å². The Morgan fingerprint density at radius 2 is 2.07 bits per heavy atom. The summed E-state index contributed by atoms with van der Waals surface area (Å²) < 4.78 is 13.3. The number of nitrogens with zero attached hydrogens (tertiary/aromatic N) is 2. The molecule has 0 radical (unpaired) electrons. The molecule has 2 heterocycles. The Morgan fingerprint density at radius 3 is 2.75 bits per heavy atom. The molecule has 1 fully saturated rings. The van der Waals surface area contributed by atoms with Crippen molar-refractivity contribution in [2.24, 2.45) is 0 Å². The van der Waals surface area contributed by atoms with Gasteiger partial charge in [0.15, 0.2) is 0 Å². The zero-order valence-corrected chi connectivity index (χ0v) is 15.6. The number of nitrogens with one attached hydrogen (secondary N) is 2. The van der Waals surface area contributed by atoms with E-state index in [0.717, 1.165) is 0 Å². The number of aromatic nitrogens is 2. The van der Waals surface area contributed by atoms with Gasteiger partial charge in [0.25, 0.3) is 0 Å². The highest BCUT2D eigenvalue weighted by molar-refractivity contribution is 5.80. The Kier molecular flexibility index (Phi) is 5.62. The number of fused-ring (bicyclic) bond motifs is 1. The number of carbonyl (C=O) groups is 3. The van der Waals surface area contributed by atoms with E-state index in [-0.39, 0.29) is 37.0 Å². The number of carboxylic acids is 1. The average molecular weight is 390 g/mol. The van der Waals surface area contributed by atoms with Gasteiger partial charge >= 0.3 is 5.97 Å². The Bertz CT molecular complexity index is 912. The maximum absolute atomic E-state index is 13.3. The number of hydrogen-bond donors (Lipinski definition) is 3. The van der Waals surface area contributed by atoms with Crippen molar-refractivity contribution in [1.82, 2.24) is 20.2 Å². The molecule has 0 aliphatic carbocycles. The Hall–Kier alpha value is -2.97. The van der Waals surface area contributed by atoms with Gasteiger partial charge in [-0.05, 0) is 37.5 Å². The van der Waals surface area contributed by atoms with Crippen LogP contribution in [-0.2, 0) is 20.9 Å². The summed E-state index contributed by atoms with van der Waals surface area (Å²) in [5, 5.41) is 11.8. The van der Waals surface area contributed by atoms with Crippen LogP contribution in [0, 0.1) is 5.82 Å². The molecule has 2 aromatic rings. The van der Waals surface area contributed by atoms with E-state index in [4.69, 9.17) is 5.11 Å². The number of hydrogen-bond acceptors (Lipinski definition) is 4. The molecule has 0 unspecified atom stereocenters. The van der Waals surface area contributed by atoms with Crippen LogP contribution >= 0.6 is 0 Å². The molecule has 0 bridgehead atoms. The molecule has 28 heavy (non-hydrogen) atoms. The summed E-state index contributed by atoms with van der Waals surface area (Å²) in [5.74, 6) is -0.989. The fourth-order valence-corrected chi connectivity index (χ4v) is 3.58. The van der Waals surface area contributed by atoms with Crippen LogP contribution in [0.25, 0.3) is 11.0 Å². The van der Waals surface area contributed by atoms with Crippen LogP contribution in [0.5, 0.6) is 0 Å². The minimum absolute atomic E-state index is 0.0557. The first-order valence-electron chi connectivity index (χ1n) is 9.17. The highest BCUT2D eigenvalue weighted by Gasteiger charge is 2.38. The number of imidazole rings is 1. The summed E-state index contributed by atoms with van der Waals surface area (Å²) in [5.41, 5.74) is 0.554. The lowest BCUT2D eigenvalue weighted by atomic mass is 9.86. The topological polar surface area (TPSA) is 115 Å². The normalized spacial score (nSPS) is 19.0. The van der Waals surface area contributed by atoms with Crippen molar-refractivity contribution in [3.05, 3.63) is 29.8 Å². The number of benzene rings is 1. The zero-order valence-electron chi connectivity index (χ0n) is 15.6. The van der Waals surface area contributed by atoms with Crippen molar-refractivity contribution >= 4 is 28.8 Å². The summed E-state index contributed by atoms with van der Waals surface area (Å²) in [7, 11) is 1.65. The first kappa shape index (κ1) is 19.8. The van der Waals surface area contributed by atoms with Gasteiger partial charge in [0, 0.05) is 31.8 Å². The molecular weight excluding hydrogens is 367 g/mol. The van der Waals surface area contributed by atoms with E-state index in [9.17, 15) is 18.8 Å². The standard InChI is InChI=1S/C19H23FN4O4/c1-24(11-15-21-13-3-2-12(20)10-14(13)22-15)17(26)5-8-19(9-6-18(27)28)7-4-16(25)23-19/h2-3,10H,4-9,11H2,1H3,(H,21,22)(H,23,25)(H,27,28)/t19-/m0/s1. The quantitative estimate of drug-likeness (QED) is 0.637. The van der Waals surface area contributed by atoms with Gasteiger partial charge in [-0.3, -0.25) is 14.4 Å². The van der Waals surface area contributed by atoms with E-state index < -0.39 is 11.5 Å². The van der Waals surface area contributed by atoms with Crippen LogP contribution in [0.1, 0.15) is 44.3 Å². The van der Waals surface area contributed by atoms with E-state index in [1.807, 2.05) is 0 Å². The number of aliphatic carboxylic acids is 1. The van der Waals surface area contributed by atoms with E-state index in [1.165, 1.54) is 17.0 Å². The van der Waals surface area contributed by atoms with Gasteiger partial charge in [-0.25, -0.2) is 9.37 Å². The van der Waals surface area contributed by atoms with Gasteiger partial charge in [0.1, 0.15) is 11.6 Å². The Labute approximate surface area is 161 Å². The van der Waals surface area contributed by atoms with Crippen LogP contribution < -0.4 is 5.32 Å². The SMILES string of the molecule is CN(Cc1nc2ccc(F)cc2[nH]1)C(=O)CC[C@]1(CCC(=O)O)CCC(=O)N1. The number of halogens is 1. The van der Waals surface area contributed by atoms with E-state index >= 15 is 0 Å². The lowest BCUT2D eigenvalue weighted by Crippen LogP contribution is -2.43. The first-order chi connectivity index (χ1) is 13.3. The van der Waals surface area contributed by atoms with Crippen molar-refractivity contribution in [2.75, 3.05) is 7.05 Å². The van der Waals surface area contributed by atoms with Crippen LogP contribution in [0.2, 0.25) is 0 Å². The molecule has 0 saturated carbocycles. The second kappa shape index (κ2) is 7.95. The molecular formula is C19H23FN4O4. The zero-order chi connectivity index (χ0) is 20.3. The molecule has 1 saturated heterocycles. The third kappa shape index (κ3) is 4.65. The number of amides is 2. The molecule has 9 heteroatoms. The molecule has 2 amide bonds. The predicted molar refractivity (Wildman–Crippen MR) is 98.7 cm³/mol. The second-order valence-electron chi connectivity index (χ2n) is 7.32. The van der Waals surface area contributed by atoms with Crippen molar-refractivity contribution in [3.8, 4) is 0 Å². The average Bonchev–Trinajstić information content (AvgIpc) is 3.20. The van der Waals surface area contributed by atoms with E-state index in [0.29, 0.717) is 42.5 Å². The summed E-state index contributed by atoms with van der Waals surface area (Å²) in [4.78, 5) is 43.9. The number of carboxylic acid groups (broad SMARTS) is 1. The highest BCUT2D eigenvalue weighted by Crippen LogP contribution is 2.30. The molecule has 1 aliphatic rings. The van der Waals surface area contributed by atoms with Crippen molar-refractivity contribution in [2.45, 2.75) is 50.6 Å². The fraction of sp³-hybridized carbons (Fsp3) is 0.474. The number of carbonyl (C=O) groups excluding carboxylic acids is 2. The van der Waals surface area contributed by atoms with Crippen molar-refractivity contribution in [1.29, 1.82) is 0 Å². The predicted octanol–water partition coefficient (Wildman–Crippen LogP) is 1.95. The van der Waals surface area contributed by atoms with E-state index in [2.05, 4.69) is 15.3 Å². The van der Waals surface area contributed by atoms with Gasteiger partial charge in [-0.2, -0.15) is 0 Å². The molecule has 150 valence electrons. The number of rotatable bonds is 8. The fourth-order valence-electron chi connectivity index (χ4n) is 3.58. The Morgan fingerprint density at radius 1 is 1.32 bits per heavy atom. The van der Waals surface area contributed by atoms with Gasteiger partial charge in [-0.1, -0.05) is 0 Å².